The Morgan fingerprint density at radius 2 is 1.93 bits per heavy atom. The Kier molecular flexibility index (Phi) is 5.01. The number of likely N-dealkylation sites (tertiary alicyclic amines) is 1. The zero-order valence-corrected chi connectivity index (χ0v) is 15.0. The van der Waals surface area contributed by atoms with Crippen molar-refractivity contribution < 1.29 is 28.2 Å². The first-order valence-corrected chi connectivity index (χ1v) is 8.91. The van der Waals surface area contributed by atoms with E-state index >= 15 is 0 Å². The molecule has 0 saturated carbocycles. The van der Waals surface area contributed by atoms with Crippen molar-refractivity contribution in [1.82, 2.24) is 10.2 Å². The van der Waals surface area contributed by atoms with Gasteiger partial charge in [-0.2, -0.15) is 0 Å². The van der Waals surface area contributed by atoms with Crippen molar-refractivity contribution >= 4 is 11.8 Å². The minimum absolute atomic E-state index is 0.0365. The van der Waals surface area contributed by atoms with Crippen molar-refractivity contribution in [3.05, 3.63) is 53.8 Å². The van der Waals surface area contributed by atoms with Gasteiger partial charge < -0.3 is 24.4 Å². The van der Waals surface area contributed by atoms with Crippen molar-refractivity contribution in [2.75, 3.05) is 26.5 Å². The molecule has 0 aliphatic carbocycles. The fourth-order valence-electron chi connectivity index (χ4n) is 3.03. The van der Waals surface area contributed by atoms with Crippen LogP contribution in [-0.2, 0) is 16.1 Å². The fourth-order valence-corrected chi connectivity index (χ4v) is 3.03. The quantitative estimate of drug-likeness (QED) is 0.818. The van der Waals surface area contributed by atoms with E-state index < -0.39 is 5.82 Å². The van der Waals surface area contributed by atoms with Crippen molar-refractivity contribution in [2.24, 2.45) is 5.92 Å². The van der Waals surface area contributed by atoms with Crippen molar-refractivity contribution in [2.45, 2.75) is 6.54 Å². The molecule has 8 heteroatoms. The molecule has 0 bridgehead atoms. The van der Waals surface area contributed by atoms with Gasteiger partial charge in [0, 0.05) is 19.6 Å². The SMILES string of the molecule is O=C(NCc1ccc2c(c1)OCO2)C1CN(C(=O)COc2ccccc2F)C1. The first-order valence-electron chi connectivity index (χ1n) is 8.91. The van der Waals surface area contributed by atoms with Gasteiger partial charge in [0.25, 0.3) is 5.91 Å². The Balaban J connectivity index is 1.19. The number of benzene rings is 2. The van der Waals surface area contributed by atoms with Gasteiger partial charge in [-0.25, -0.2) is 4.39 Å². The summed E-state index contributed by atoms with van der Waals surface area (Å²) in [6, 6.07) is 11.4. The summed E-state index contributed by atoms with van der Waals surface area (Å²) in [6.45, 7) is 0.972. The highest BCUT2D eigenvalue weighted by Gasteiger charge is 2.35. The standard InChI is InChI=1S/C20H19FN2O5/c21-15-3-1-2-4-16(15)26-11-19(24)23-9-14(10-23)20(25)22-8-13-5-6-17-18(7-13)28-12-27-17/h1-7,14H,8-12H2,(H,22,25). The number of nitrogens with zero attached hydrogens (tertiary/aromatic N) is 1. The maximum Gasteiger partial charge on any atom is 0.260 e. The highest BCUT2D eigenvalue weighted by molar-refractivity contribution is 5.85. The number of para-hydroxylation sites is 1. The number of hydrogen-bond donors (Lipinski definition) is 1. The highest BCUT2D eigenvalue weighted by Crippen LogP contribution is 2.32. The van der Waals surface area contributed by atoms with Crippen LogP contribution in [0.2, 0.25) is 0 Å². The van der Waals surface area contributed by atoms with E-state index in [1.54, 1.807) is 12.1 Å². The third kappa shape index (κ3) is 3.85. The number of fused-ring (bicyclic) bond motifs is 1. The van der Waals surface area contributed by atoms with E-state index in [1.807, 2.05) is 18.2 Å². The van der Waals surface area contributed by atoms with Gasteiger partial charge in [0.05, 0.1) is 5.92 Å². The predicted molar refractivity (Wildman–Crippen MR) is 96.4 cm³/mol. The molecule has 2 aliphatic heterocycles. The Bertz CT molecular complexity index is 898. The molecule has 28 heavy (non-hydrogen) atoms. The summed E-state index contributed by atoms with van der Waals surface area (Å²) >= 11 is 0. The number of carbonyl (C=O) groups is 2. The van der Waals surface area contributed by atoms with Crippen LogP contribution in [0.1, 0.15) is 5.56 Å². The first kappa shape index (κ1) is 18.1. The van der Waals surface area contributed by atoms with E-state index in [0.717, 1.165) is 5.56 Å². The van der Waals surface area contributed by atoms with Crippen LogP contribution in [0.3, 0.4) is 0 Å². The fraction of sp³-hybridized carbons (Fsp3) is 0.300. The first-order chi connectivity index (χ1) is 13.6. The Morgan fingerprint density at radius 1 is 1.14 bits per heavy atom. The van der Waals surface area contributed by atoms with Crippen molar-refractivity contribution in [3.63, 3.8) is 0 Å². The molecule has 2 aromatic rings. The van der Waals surface area contributed by atoms with Crippen LogP contribution < -0.4 is 19.5 Å². The van der Waals surface area contributed by atoms with Crippen LogP contribution in [0.5, 0.6) is 17.2 Å². The molecule has 4 rings (SSSR count). The summed E-state index contributed by atoms with van der Waals surface area (Å²) in [5.74, 6) is 0.239. The van der Waals surface area contributed by atoms with Crippen molar-refractivity contribution in [3.8, 4) is 17.2 Å². The lowest BCUT2D eigenvalue weighted by Gasteiger charge is -2.38. The highest BCUT2D eigenvalue weighted by atomic mass is 19.1. The van der Waals surface area contributed by atoms with Gasteiger partial charge in [0.2, 0.25) is 12.7 Å². The van der Waals surface area contributed by atoms with Crippen LogP contribution in [0.15, 0.2) is 42.5 Å². The van der Waals surface area contributed by atoms with Gasteiger partial charge in [-0.3, -0.25) is 9.59 Å². The number of halogens is 1. The minimum Gasteiger partial charge on any atom is -0.481 e. The van der Waals surface area contributed by atoms with Gasteiger partial charge in [0.15, 0.2) is 29.7 Å². The summed E-state index contributed by atoms with van der Waals surface area (Å²) < 4.78 is 29.3. The number of ether oxygens (including phenoxy) is 3. The maximum absolute atomic E-state index is 13.5. The molecule has 0 unspecified atom stereocenters. The van der Waals surface area contributed by atoms with Gasteiger partial charge in [-0.05, 0) is 29.8 Å². The lowest BCUT2D eigenvalue weighted by atomic mass is 9.99. The summed E-state index contributed by atoms with van der Waals surface area (Å²) in [7, 11) is 0. The summed E-state index contributed by atoms with van der Waals surface area (Å²) in [4.78, 5) is 25.8. The molecule has 7 nitrogen and oxygen atoms in total. The zero-order chi connectivity index (χ0) is 19.5. The van der Waals surface area contributed by atoms with Crippen LogP contribution in [0, 0.1) is 11.7 Å². The maximum atomic E-state index is 13.5. The molecule has 1 fully saturated rings. The van der Waals surface area contributed by atoms with Gasteiger partial charge in [-0.1, -0.05) is 18.2 Å². The van der Waals surface area contributed by atoms with Gasteiger partial charge >= 0.3 is 0 Å². The molecule has 2 heterocycles. The second-order valence-electron chi connectivity index (χ2n) is 6.62. The summed E-state index contributed by atoms with van der Waals surface area (Å²) in [6.07, 6.45) is 0. The number of rotatable bonds is 6. The van der Waals surface area contributed by atoms with E-state index in [9.17, 15) is 14.0 Å². The van der Waals surface area contributed by atoms with Crippen molar-refractivity contribution in [1.29, 1.82) is 0 Å². The summed E-state index contributed by atoms with van der Waals surface area (Å²) in [5, 5.41) is 2.86. The molecule has 2 amide bonds. The number of carbonyl (C=O) groups excluding carboxylic acids is 2. The Labute approximate surface area is 161 Å². The molecule has 1 N–H and O–H groups in total. The second kappa shape index (κ2) is 7.75. The monoisotopic (exact) mass is 386 g/mol. The molecule has 0 atom stereocenters. The number of hydrogen-bond acceptors (Lipinski definition) is 5. The smallest absolute Gasteiger partial charge is 0.260 e. The Hall–Kier alpha value is -3.29. The van der Waals surface area contributed by atoms with Crippen LogP contribution >= 0.6 is 0 Å². The normalized spacial score (nSPS) is 15.1. The lowest BCUT2D eigenvalue weighted by molar-refractivity contribution is -0.144. The molecular weight excluding hydrogens is 367 g/mol. The second-order valence-corrected chi connectivity index (χ2v) is 6.62. The van der Waals surface area contributed by atoms with Gasteiger partial charge in [-0.15, -0.1) is 0 Å². The predicted octanol–water partition coefficient (Wildman–Crippen LogP) is 1.71. The average molecular weight is 386 g/mol. The molecule has 1 saturated heterocycles. The van der Waals surface area contributed by atoms with E-state index in [-0.39, 0.29) is 36.9 Å². The van der Waals surface area contributed by atoms with E-state index in [0.29, 0.717) is 31.1 Å². The van der Waals surface area contributed by atoms with Gasteiger partial charge in [0.1, 0.15) is 0 Å². The molecule has 146 valence electrons. The number of nitrogens with one attached hydrogen (secondary N) is 1. The molecule has 0 spiro atoms. The number of amides is 2. The van der Waals surface area contributed by atoms with E-state index in [1.165, 1.54) is 17.0 Å². The third-order valence-electron chi connectivity index (χ3n) is 4.70. The minimum atomic E-state index is -0.514. The molecule has 0 radical (unpaired) electrons. The largest absolute Gasteiger partial charge is 0.481 e. The topological polar surface area (TPSA) is 77.1 Å². The molecule has 0 aromatic heterocycles. The molecule has 2 aliphatic rings. The molecular formula is C20H19FN2O5. The van der Waals surface area contributed by atoms with E-state index in [2.05, 4.69) is 5.32 Å². The van der Waals surface area contributed by atoms with E-state index in [4.69, 9.17) is 14.2 Å². The van der Waals surface area contributed by atoms with Crippen LogP contribution in [0.4, 0.5) is 4.39 Å². The Morgan fingerprint density at radius 3 is 2.75 bits per heavy atom. The molecule has 2 aromatic carbocycles. The summed E-state index contributed by atoms with van der Waals surface area (Å²) in [5.41, 5.74) is 0.906. The zero-order valence-electron chi connectivity index (χ0n) is 15.0. The average Bonchev–Trinajstić information content (AvgIpc) is 3.12. The van der Waals surface area contributed by atoms with Crippen LogP contribution in [0.25, 0.3) is 0 Å². The lowest BCUT2D eigenvalue weighted by Crippen LogP contribution is -2.56. The van der Waals surface area contributed by atoms with Crippen LogP contribution in [-0.4, -0.2) is 43.2 Å². The third-order valence-corrected chi connectivity index (χ3v) is 4.70.